The maximum absolute atomic E-state index is 11.7. The van der Waals surface area contributed by atoms with Crippen LogP contribution in [0.4, 0.5) is 0 Å². The van der Waals surface area contributed by atoms with E-state index in [-0.39, 0.29) is 5.91 Å². The Bertz CT molecular complexity index is 434. The SMILES string of the molecule is CCO[C@H](C)C(=O)NCCc1cccc(OC)c1OC. The number of carbonyl (C=O) groups excluding carboxylic acids is 1. The molecule has 1 atom stereocenters. The molecule has 0 bridgehead atoms. The molecule has 1 aromatic carbocycles. The molecule has 1 aromatic rings. The second-order valence-corrected chi connectivity index (χ2v) is 4.29. The summed E-state index contributed by atoms with van der Waals surface area (Å²) < 4.78 is 15.8. The Morgan fingerprint density at radius 1 is 1.30 bits per heavy atom. The quantitative estimate of drug-likeness (QED) is 0.789. The van der Waals surface area contributed by atoms with Crippen LogP contribution >= 0.6 is 0 Å². The summed E-state index contributed by atoms with van der Waals surface area (Å²) in [4.78, 5) is 11.7. The van der Waals surface area contributed by atoms with Crippen molar-refractivity contribution >= 4 is 5.91 Å². The number of ether oxygens (including phenoxy) is 3. The fraction of sp³-hybridized carbons (Fsp3) is 0.533. The van der Waals surface area contributed by atoms with Crippen LogP contribution in [-0.4, -0.2) is 39.4 Å². The number of amides is 1. The van der Waals surface area contributed by atoms with E-state index in [0.717, 1.165) is 5.56 Å². The van der Waals surface area contributed by atoms with E-state index in [0.29, 0.717) is 31.1 Å². The third-order valence-electron chi connectivity index (χ3n) is 2.96. The van der Waals surface area contributed by atoms with Crippen LogP contribution in [0.3, 0.4) is 0 Å². The first-order chi connectivity index (χ1) is 9.63. The van der Waals surface area contributed by atoms with E-state index in [2.05, 4.69) is 5.32 Å². The highest BCUT2D eigenvalue weighted by Gasteiger charge is 2.13. The first-order valence-corrected chi connectivity index (χ1v) is 6.73. The summed E-state index contributed by atoms with van der Waals surface area (Å²) in [7, 11) is 3.21. The average Bonchev–Trinajstić information content (AvgIpc) is 2.46. The lowest BCUT2D eigenvalue weighted by Crippen LogP contribution is -2.35. The molecular formula is C15H23NO4. The van der Waals surface area contributed by atoms with E-state index in [4.69, 9.17) is 14.2 Å². The van der Waals surface area contributed by atoms with Gasteiger partial charge in [0.05, 0.1) is 14.2 Å². The first kappa shape index (κ1) is 16.3. The highest BCUT2D eigenvalue weighted by atomic mass is 16.5. The van der Waals surface area contributed by atoms with Gasteiger partial charge < -0.3 is 19.5 Å². The standard InChI is InChI=1S/C15H23NO4/c1-5-20-11(2)15(17)16-10-9-12-7-6-8-13(18-3)14(12)19-4/h6-8,11H,5,9-10H2,1-4H3,(H,16,17)/t11-/m1/s1. The van der Waals surface area contributed by atoms with E-state index in [1.165, 1.54) is 0 Å². The molecule has 0 aromatic heterocycles. The Kier molecular flexibility index (Phi) is 6.87. The molecule has 1 rings (SSSR count). The fourth-order valence-electron chi connectivity index (χ4n) is 1.94. The smallest absolute Gasteiger partial charge is 0.248 e. The van der Waals surface area contributed by atoms with Crippen molar-refractivity contribution in [1.82, 2.24) is 5.32 Å². The van der Waals surface area contributed by atoms with Gasteiger partial charge in [-0.3, -0.25) is 4.79 Å². The van der Waals surface area contributed by atoms with Crippen molar-refractivity contribution in [3.63, 3.8) is 0 Å². The molecule has 0 aliphatic carbocycles. The molecule has 0 saturated heterocycles. The summed E-state index contributed by atoms with van der Waals surface area (Å²) in [6.45, 7) is 4.66. The lowest BCUT2D eigenvalue weighted by atomic mass is 10.1. The van der Waals surface area contributed by atoms with E-state index in [1.807, 2.05) is 25.1 Å². The van der Waals surface area contributed by atoms with Crippen molar-refractivity contribution in [1.29, 1.82) is 0 Å². The van der Waals surface area contributed by atoms with Gasteiger partial charge in [-0.1, -0.05) is 12.1 Å². The molecule has 1 amide bonds. The van der Waals surface area contributed by atoms with Gasteiger partial charge in [-0.05, 0) is 31.9 Å². The number of carbonyl (C=O) groups is 1. The van der Waals surface area contributed by atoms with Crippen LogP contribution < -0.4 is 14.8 Å². The summed E-state index contributed by atoms with van der Waals surface area (Å²) in [6, 6.07) is 5.71. The van der Waals surface area contributed by atoms with Crippen LogP contribution in [0.1, 0.15) is 19.4 Å². The molecular weight excluding hydrogens is 258 g/mol. The van der Waals surface area contributed by atoms with Crippen molar-refractivity contribution in [2.75, 3.05) is 27.4 Å². The van der Waals surface area contributed by atoms with Crippen LogP contribution in [0.25, 0.3) is 0 Å². The van der Waals surface area contributed by atoms with E-state index >= 15 is 0 Å². The van der Waals surface area contributed by atoms with Crippen LogP contribution in [0, 0.1) is 0 Å². The summed E-state index contributed by atoms with van der Waals surface area (Å²) in [5, 5.41) is 2.84. The van der Waals surface area contributed by atoms with Gasteiger partial charge >= 0.3 is 0 Å². The van der Waals surface area contributed by atoms with Crippen molar-refractivity contribution in [3.05, 3.63) is 23.8 Å². The van der Waals surface area contributed by atoms with Gasteiger partial charge in [-0.15, -0.1) is 0 Å². The van der Waals surface area contributed by atoms with Crippen molar-refractivity contribution in [2.24, 2.45) is 0 Å². The zero-order valence-corrected chi connectivity index (χ0v) is 12.6. The first-order valence-electron chi connectivity index (χ1n) is 6.73. The molecule has 0 heterocycles. The van der Waals surface area contributed by atoms with Crippen molar-refractivity contribution < 1.29 is 19.0 Å². The molecule has 5 nitrogen and oxygen atoms in total. The Morgan fingerprint density at radius 2 is 2.05 bits per heavy atom. The van der Waals surface area contributed by atoms with Crippen molar-refractivity contribution in [3.8, 4) is 11.5 Å². The molecule has 1 N–H and O–H groups in total. The lowest BCUT2D eigenvalue weighted by molar-refractivity contribution is -0.131. The summed E-state index contributed by atoms with van der Waals surface area (Å²) >= 11 is 0. The fourth-order valence-corrected chi connectivity index (χ4v) is 1.94. The molecule has 112 valence electrons. The predicted octanol–water partition coefficient (Wildman–Crippen LogP) is 1.79. The molecule has 0 unspecified atom stereocenters. The van der Waals surface area contributed by atoms with Gasteiger partial charge in [-0.25, -0.2) is 0 Å². The number of para-hydroxylation sites is 1. The number of hydrogen-bond acceptors (Lipinski definition) is 4. The molecule has 0 fully saturated rings. The number of rotatable bonds is 8. The monoisotopic (exact) mass is 281 g/mol. The van der Waals surface area contributed by atoms with Crippen LogP contribution in [0.5, 0.6) is 11.5 Å². The maximum atomic E-state index is 11.7. The number of hydrogen-bond donors (Lipinski definition) is 1. The molecule has 0 aliphatic heterocycles. The van der Waals surface area contributed by atoms with Gasteiger partial charge in [-0.2, -0.15) is 0 Å². The van der Waals surface area contributed by atoms with Gasteiger partial charge in [0, 0.05) is 13.2 Å². The van der Waals surface area contributed by atoms with Crippen molar-refractivity contribution in [2.45, 2.75) is 26.4 Å². The zero-order valence-electron chi connectivity index (χ0n) is 12.6. The maximum Gasteiger partial charge on any atom is 0.248 e. The second-order valence-electron chi connectivity index (χ2n) is 4.29. The minimum Gasteiger partial charge on any atom is -0.493 e. The molecule has 0 saturated carbocycles. The minimum atomic E-state index is -0.424. The van der Waals surface area contributed by atoms with E-state index in [9.17, 15) is 4.79 Å². The molecule has 0 radical (unpaired) electrons. The third kappa shape index (κ3) is 4.42. The third-order valence-corrected chi connectivity index (χ3v) is 2.96. The second kappa shape index (κ2) is 8.43. The summed E-state index contributed by atoms with van der Waals surface area (Å²) in [5.74, 6) is 1.30. The van der Waals surface area contributed by atoms with Crippen LogP contribution in [0.2, 0.25) is 0 Å². The minimum absolute atomic E-state index is 0.103. The number of nitrogens with one attached hydrogen (secondary N) is 1. The zero-order chi connectivity index (χ0) is 15.0. The van der Waals surface area contributed by atoms with Gasteiger partial charge in [0.15, 0.2) is 11.5 Å². The summed E-state index contributed by atoms with van der Waals surface area (Å²) in [6.07, 6.45) is 0.248. The van der Waals surface area contributed by atoms with E-state index in [1.54, 1.807) is 21.1 Å². The number of benzene rings is 1. The molecule has 0 aliphatic rings. The van der Waals surface area contributed by atoms with Gasteiger partial charge in [0.1, 0.15) is 6.10 Å². The highest BCUT2D eigenvalue weighted by Crippen LogP contribution is 2.30. The van der Waals surface area contributed by atoms with Crippen LogP contribution in [-0.2, 0) is 16.0 Å². The lowest BCUT2D eigenvalue weighted by Gasteiger charge is -2.14. The Labute approximate surface area is 120 Å². The Balaban J connectivity index is 2.56. The molecule has 5 heteroatoms. The summed E-state index contributed by atoms with van der Waals surface area (Å²) in [5.41, 5.74) is 0.996. The largest absolute Gasteiger partial charge is 0.493 e. The predicted molar refractivity (Wildman–Crippen MR) is 77.3 cm³/mol. The highest BCUT2D eigenvalue weighted by molar-refractivity contribution is 5.80. The Hall–Kier alpha value is -1.75. The Morgan fingerprint density at radius 3 is 2.65 bits per heavy atom. The molecule has 0 spiro atoms. The number of methoxy groups -OCH3 is 2. The van der Waals surface area contributed by atoms with Crippen LogP contribution in [0.15, 0.2) is 18.2 Å². The molecule has 20 heavy (non-hydrogen) atoms. The van der Waals surface area contributed by atoms with E-state index < -0.39 is 6.10 Å². The van der Waals surface area contributed by atoms with Gasteiger partial charge in [0.2, 0.25) is 5.91 Å². The normalized spacial score (nSPS) is 11.8. The van der Waals surface area contributed by atoms with Gasteiger partial charge in [0.25, 0.3) is 0 Å². The topological polar surface area (TPSA) is 56.8 Å². The average molecular weight is 281 g/mol.